The predicted octanol–water partition coefficient (Wildman–Crippen LogP) is 0.308. The summed E-state index contributed by atoms with van der Waals surface area (Å²) in [7, 11) is -2.18. The van der Waals surface area contributed by atoms with Crippen molar-refractivity contribution in [3.05, 3.63) is 24.4 Å². The van der Waals surface area contributed by atoms with E-state index in [1.165, 1.54) is 15.8 Å². The molecule has 0 amide bonds. The Morgan fingerprint density at radius 1 is 1.48 bits per heavy atom. The Morgan fingerprint density at radius 2 is 2.19 bits per heavy atom. The first kappa shape index (κ1) is 14.3. The van der Waals surface area contributed by atoms with Crippen LogP contribution in [-0.4, -0.2) is 46.9 Å². The quantitative estimate of drug-likeness (QED) is 0.846. The van der Waals surface area contributed by atoms with E-state index in [1.54, 1.807) is 24.4 Å². The van der Waals surface area contributed by atoms with Crippen LogP contribution in [0, 0.1) is 5.92 Å². The van der Waals surface area contributed by atoms with Gasteiger partial charge in [0.15, 0.2) is 10.8 Å². The number of rotatable bonds is 4. The fourth-order valence-corrected chi connectivity index (χ4v) is 4.12. The van der Waals surface area contributed by atoms with Crippen LogP contribution in [0.3, 0.4) is 0 Å². The first-order valence-electron chi connectivity index (χ1n) is 6.76. The zero-order valence-corrected chi connectivity index (χ0v) is 12.5. The molecule has 8 heteroatoms. The summed E-state index contributed by atoms with van der Waals surface area (Å²) in [6, 6.07) is 5.21. The van der Waals surface area contributed by atoms with Gasteiger partial charge in [-0.1, -0.05) is 6.07 Å². The minimum Gasteiger partial charge on any atom is -0.393 e. The monoisotopic (exact) mass is 310 g/mol. The lowest BCUT2D eigenvalue weighted by molar-refractivity contribution is 0.0367. The number of imidazole rings is 1. The number of pyridine rings is 1. The summed E-state index contributed by atoms with van der Waals surface area (Å²) >= 11 is 0. The van der Waals surface area contributed by atoms with Crippen LogP contribution in [-0.2, 0) is 10.0 Å². The van der Waals surface area contributed by atoms with Gasteiger partial charge in [0.2, 0.25) is 0 Å². The molecule has 0 aliphatic heterocycles. The summed E-state index contributed by atoms with van der Waals surface area (Å²) in [4.78, 5) is 4.08. The summed E-state index contributed by atoms with van der Waals surface area (Å²) in [6.07, 6.45) is 2.62. The Bertz CT molecular complexity index is 765. The Balaban J connectivity index is 1.94. The van der Waals surface area contributed by atoms with Gasteiger partial charge >= 0.3 is 0 Å². The number of sulfonamides is 1. The van der Waals surface area contributed by atoms with Gasteiger partial charge in [-0.3, -0.25) is 4.40 Å². The molecule has 1 saturated carbocycles. The number of hydrogen-bond acceptors (Lipinski definition) is 5. The maximum atomic E-state index is 12.7. The van der Waals surface area contributed by atoms with Gasteiger partial charge in [0.1, 0.15) is 5.65 Å². The van der Waals surface area contributed by atoms with Crippen LogP contribution in [0.5, 0.6) is 0 Å². The molecule has 0 spiro atoms. The number of anilines is 1. The normalized spacial score (nSPS) is 22.6. The van der Waals surface area contributed by atoms with E-state index in [4.69, 9.17) is 5.73 Å². The molecule has 3 N–H and O–H groups in total. The highest BCUT2D eigenvalue weighted by Crippen LogP contribution is 2.30. The van der Waals surface area contributed by atoms with Gasteiger partial charge in [-0.25, -0.2) is 13.4 Å². The van der Waals surface area contributed by atoms with Crippen LogP contribution in [0.2, 0.25) is 0 Å². The molecule has 2 aromatic heterocycles. The smallest absolute Gasteiger partial charge is 0.262 e. The zero-order chi connectivity index (χ0) is 15.2. The lowest BCUT2D eigenvalue weighted by atomic mass is 9.82. The van der Waals surface area contributed by atoms with Crippen molar-refractivity contribution in [1.29, 1.82) is 0 Å². The number of nitrogen functional groups attached to an aromatic ring is 1. The van der Waals surface area contributed by atoms with Gasteiger partial charge in [-0.05, 0) is 30.9 Å². The number of nitrogens with two attached hydrogens (primary N) is 1. The third-order valence-electron chi connectivity index (χ3n) is 3.89. The van der Waals surface area contributed by atoms with Crippen molar-refractivity contribution in [2.24, 2.45) is 5.92 Å². The number of nitrogens with zero attached hydrogens (tertiary/aromatic N) is 3. The molecule has 2 heterocycles. The van der Waals surface area contributed by atoms with Gasteiger partial charge in [0.25, 0.3) is 10.0 Å². The molecule has 21 heavy (non-hydrogen) atoms. The van der Waals surface area contributed by atoms with Crippen molar-refractivity contribution in [2.45, 2.75) is 24.0 Å². The van der Waals surface area contributed by atoms with Crippen LogP contribution < -0.4 is 5.73 Å². The number of hydrogen-bond donors (Lipinski definition) is 2. The Morgan fingerprint density at radius 3 is 2.86 bits per heavy atom. The van der Waals surface area contributed by atoms with Crippen molar-refractivity contribution < 1.29 is 13.5 Å². The maximum Gasteiger partial charge on any atom is 0.262 e. The Labute approximate surface area is 123 Å². The molecule has 1 aliphatic carbocycles. The molecule has 0 atom stereocenters. The molecule has 0 radical (unpaired) electrons. The summed E-state index contributed by atoms with van der Waals surface area (Å²) < 4.78 is 28.2. The Hall–Kier alpha value is -1.64. The molecular weight excluding hydrogens is 292 g/mol. The summed E-state index contributed by atoms with van der Waals surface area (Å²) in [6.45, 7) is 0.374. The highest BCUT2D eigenvalue weighted by Gasteiger charge is 2.34. The molecule has 0 bridgehead atoms. The maximum absolute atomic E-state index is 12.7. The molecule has 1 aliphatic rings. The van der Waals surface area contributed by atoms with E-state index < -0.39 is 10.0 Å². The van der Waals surface area contributed by atoms with Crippen molar-refractivity contribution in [2.75, 3.05) is 19.3 Å². The van der Waals surface area contributed by atoms with E-state index in [0.717, 1.165) is 0 Å². The summed E-state index contributed by atoms with van der Waals surface area (Å²) in [5.41, 5.74) is 6.30. The fraction of sp³-hybridized carbons (Fsp3) is 0.462. The van der Waals surface area contributed by atoms with Gasteiger partial charge in [-0.15, -0.1) is 0 Å². The van der Waals surface area contributed by atoms with E-state index in [2.05, 4.69) is 4.98 Å². The fourth-order valence-electron chi connectivity index (χ4n) is 2.71. The number of fused-ring (bicyclic) bond motifs is 1. The van der Waals surface area contributed by atoms with Crippen LogP contribution in [0.4, 0.5) is 5.82 Å². The second-order valence-electron chi connectivity index (χ2n) is 5.51. The molecule has 0 aromatic carbocycles. The van der Waals surface area contributed by atoms with Gasteiger partial charge in [-0.2, -0.15) is 4.31 Å². The van der Waals surface area contributed by atoms with Crippen molar-refractivity contribution in [1.82, 2.24) is 13.7 Å². The molecule has 1 fully saturated rings. The van der Waals surface area contributed by atoms with Crippen LogP contribution >= 0.6 is 0 Å². The second-order valence-corrected chi connectivity index (χ2v) is 7.47. The number of aliphatic hydroxyl groups is 1. The van der Waals surface area contributed by atoms with E-state index in [9.17, 15) is 13.5 Å². The van der Waals surface area contributed by atoms with Crippen molar-refractivity contribution >= 4 is 21.5 Å². The highest BCUT2D eigenvalue weighted by atomic mass is 32.2. The first-order valence-corrected chi connectivity index (χ1v) is 8.20. The molecule has 114 valence electrons. The molecule has 2 aromatic rings. The third-order valence-corrected chi connectivity index (χ3v) is 5.76. The zero-order valence-electron chi connectivity index (χ0n) is 11.7. The number of aromatic nitrogens is 2. The predicted molar refractivity (Wildman–Crippen MR) is 78.2 cm³/mol. The van der Waals surface area contributed by atoms with E-state index in [-0.39, 0.29) is 22.9 Å². The van der Waals surface area contributed by atoms with Crippen molar-refractivity contribution in [3.8, 4) is 0 Å². The lowest BCUT2D eigenvalue weighted by Crippen LogP contribution is -2.39. The minimum absolute atomic E-state index is 0.000437. The van der Waals surface area contributed by atoms with E-state index in [0.29, 0.717) is 25.0 Å². The van der Waals surface area contributed by atoms with E-state index >= 15 is 0 Å². The van der Waals surface area contributed by atoms with Crippen LogP contribution in [0.25, 0.3) is 5.65 Å². The van der Waals surface area contributed by atoms with Crippen LogP contribution in [0.1, 0.15) is 12.8 Å². The lowest BCUT2D eigenvalue weighted by Gasteiger charge is -2.33. The molecule has 3 rings (SSSR count). The minimum atomic E-state index is -3.71. The van der Waals surface area contributed by atoms with Gasteiger partial charge in [0, 0.05) is 19.8 Å². The summed E-state index contributed by atoms with van der Waals surface area (Å²) in [5.74, 6) is 0.196. The molecule has 7 nitrogen and oxygen atoms in total. The SMILES string of the molecule is CN(CC1CC(O)C1)S(=O)(=O)c1c(N)nc2ccccn12. The number of aliphatic hydroxyl groups excluding tert-OH is 1. The van der Waals surface area contributed by atoms with Crippen LogP contribution in [0.15, 0.2) is 29.4 Å². The first-order chi connectivity index (χ1) is 9.89. The molecule has 0 saturated heterocycles. The van der Waals surface area contributed by atoms with Gasteiger partial charge in [0.05, 0.1) is 6.10 Å². The average Bonchev–Trinajstić information content (AvgIpc) is 2.73. The van der Waals surface area contributed by atoms with E-state index in [1.807, 2.05) is 0 Å². The second kappa shape index (κ2) is 4.97. The van der Waals surface area contributed by atoms with Crippen molar-refractivity contribution in [3.63, 3.8) is 0 Å². The largest absolute Gasteiger partial charge is 0.393 e. The summed E-state index contributed by atoms with van der Waals surface area (Å²) in [5, 5.41) is 9.30. The third kappa shape index (κ3) is 2.39. The molecular formula is C13H18N4O3S. The standard InChI is InChI=1S/C13H18N4O3S/c1-16(8-9-6-10(18)7-9)21(19,20)13-12(14)15-11-4-2-3-5-17(11)13/h2-5,9-10,18H,6-8,14H2,1H3. The topological polar surface area (TPSA) is 101 Å². The Kier molecular flexibility index (Phi) is 3.39. The highest BCUT2D eigenvalue weighted by molar-refractivity contribution is 7.89. The average molecular weight is 310 g/mol. The van der Waals surface area contributed by atoms with Gasteiger partial charge < -0.3 is 10.8 Å². The molecule has 0 unspecified atom stereocenters.